The number of non-ortho nitro benzene ring substituents is 1. The first-order valence-corrected chi connectivity index (χ1v) is 7.41. The number of hydrogen-bond acceptors (Lipinski definition) is 4. The zero-order valence-corrected chi connectivity index (χ0v) is 13.3. The highest BCUT2D eigenvalue weighted by molar-refractivity contribution is 6.31. The van der Waals surface area contributed by atoms with Crippen LogP contribution in [0, 0.1) is 10.1 Å². The molecule has 2 bridgehead atoms. The lowest BCUT2D eigenvalue weighted by molar-refractivity contribution is -0.384. The van der Waals surface area contributed by atoms with E-state index in [2.05, 4.69) is 10.6 Å². The van der Waals surface area contributed by atoms with Gasteiger partial charge in [0.25, 0.3) is 11.6 Å². The van der Waals surface area contributed by atoms with Crippen LogP contribution in [0.4, 0.5) is 5.69 Å². The van der Waals surface area contributed by atoms with Crippen LogP contribution in [0.3, 0.4) is 0 Å². The van der Waals surface area contributed by atoms with Gasteiger partial charge in [-0.1, -0.05) is 11.6 Å². The Balaban J connectivity index is 0.00000176. The van der Waals surface area contributed by atoms with Crippen molar-refractivity contribution in [2.45, 2.75) is 43.8 Å². The van der Waals surface area contributed by atoms with Gasteiger partial charge in [0, 0.05) is 40.8 Å². The standard InChI is InChI=1S/C14H16ClN3O3.ClH/c15-9-3-8(4-13(5-9)18(20)21)14(19)17-12-6-10-1-2-11(7-12)16-10;/h3-5,10-12,16H,1-2,6-7H2,(H,17,19);1H. The fourth-order valence-electron chi connectivity index (χ4n) is 3.25. The molecule has 120 valence electrons. The van der Waals surface area contributed by atoms with Crippen LogP contribution in [-0.4, -0.2) is 29.0 Å². The number of nitrogens with zero attached hydrogens (tertiary/aromatic N) is 1. The van der Waals surface area contributed by atoms with Crippen LogP contribution in [0.1, 0.15) is 36.0 Å². The summed E-state index contributed by atoms with van der Waals surface area (Å²) in [7, 11) is 0. The molecule has 2 aliphatic heterocycles. The molecule has 2 saturated heterocycles. The Morgan fingerprint density at radius 3 is 2.50 bits per heavy atom. The molecule has 0 saturated carbocycles. The molecule has 1 aromatic carbocycles. The van der Waals surface area contributed by atoms with E-state index in [0.29, 0.717) is 12.1 Å². The van der Waals surface area contributed by atoms with Crippen molar-refractivity contribution >= 4 is 35.6 Å². The lowest BCUT2D eigenvalue weighted by Crippen LogP contribution is -2.48. The molecule has 3 rings (SSSR count). The molecule has 2 N–H and O–H groups in total. The van der Waals surface area contributed by atoms with Crippen molar-refractivity contribution in [2.75, 3.05) is 0 Å². The van der Waals surface area contributed by atoms with Crippen molar-refractivity contribution < 1.29 is 9.72 Å². The summed E-state index contributed by atoms with van der Waals surface area (Å²) >= 11 is 5.84. The molecule has 2 aliphatic rings. The van der Waals surface area contributed by atoms with Crippen molar-refractivity contribution in [1.82, 2.24) is 10.6 Å². The molecule has 22 heavy (non-hydrogen) atoms. The minimum atomic E-state index is -0.548. The smallest absolute Gasteiger partial charge is 0.271 e. The predicted octanol–water partition coefficient (Wildman–Crippen LogP) is 2.68. The fraction of sp³-hybridized carbons (Fsp3) is 0.500. The van der Waals surface area contributed by atoms with E-state index < -0.39 is 4.92 Å². The van der Waals surface area contributed by atoms with E-state index in [-0.39, 0.29) is 40.6 Å². The van der Waals surface area contributed by atoms with Gasteiger partial charge in [-0.25, -0.2) is 0 Å². The first kappa shape index (κ1) is 17.0. The lowest BCUT2D eigenvalue weighted by Gasteiger charge is -2.29. The molecule has 2 unspecified atom stereocenters. The quantitative estimate of drug-likeness (QED) is 0.651. The van der Waals surface area contributed by atoms with Crippen molar-refractivity contribution in [3.8, 4) is 0 Å². The van der Waals surface area contributed by atoms with Gasteiger partial charge in [0.2, 0.25) is 0 Å². The number of carbonyl (C=O) groups excluding carboxylic acids is 1. The largest absolute Gasteiger partial charge is 0.349 e. The normalized spacial score (nSPS) is 26.1. The van der Waals surface area contributed by atoms with E-state index in [1.165, 1.54) is 18.2 Å². The number of nitrogens with one attached hydrogen (secondary N) is 2. The first-order valence-electron chi connectivity index (χ1n) is 7.03. The Hall–Kier alpha value is -1.37. The van der Waals surface area contributed by atoms with E-state index >= 15 is 0 Å². The number of fused-ring (bicyclic) bond motifs is 2. The summed E-state index contributed by atoms with van der Waals surface area (Å²) in [5, 5.41) is 17.5. The minimum Gasteiger partial charge on any atom is -0.349 e. The summed E-state index contributed by atoms with van der Waals surface area (Å²) in [5.41, 5.74) is 0.0677. The fourth-order valence-corrected chi connectivity index (χ4v) is 3.48. The second-order valence-corrected chi connectivity index (χ2v) is 6.17. The molecule has 0 aromatic heterocycles. The topological polar surface area (TPSA) is 84.3 Å². The van der Waals surface area contributed by atoms with Gasteiger partial charge in [-0.3, -0.25) is 14.9 Å². The molecule has 1 aromatic rings. The maximum absolute atomic E-state index is 12.3. The number of nitro benzene ring substituents is 1. The van der Waals surface area contributed by atoms with Crippen LogP contribution in [0.25, 0.3) is 0 Å². The van der Waals surface area contributed by atoms with Crippen LogP contribution in [0.5, 0.6) is 0 Å². The highest BCUT2D eigenvalue weighted by Crippen LogP contribution is 2.27. The van der Waals surface area contributed by atoms with E-state index in [9.17, 15) is 14.9 Å². The number of amides is 1. The van der Waals surface area contributed by atoms with Gasteiger partial charge in [0.1, 0.15) is 0 Å². The molecule has 1 amide bonds. The van der Waals surface area contributed by atoms with Crippen LogP contribution >= 0.6 is 24.0 Å². The maximum Gasteiger partial charge on any atom is 0.271 e. The van der Waals surface area contributed by atoms with Crippen LogP contribution in [-0.2, 0) is 0 Å². The molecule has 8 heteroatoms. The number of nitro groups is 1. The number of benzene rings is 1. The van der Waals surface area contributed by atoms with E-state index in [0.717, 1.165) is 25.7 Å². The third kappa shape index (κ3) is 3.69. The van der Waals surface area contributed by atoms with Crippen molar-refractivity contribution in [3.63, 3.8) is 0 Å². The summed E-state index contributed by atoms with van der Waals surface area (Å²) in [6.07, 6.45) is 4.12. The molecule has 0 radical (unpaired) electrons. The number of rotatable bonds is 3. The molecule has 2 heterocycles. The summed E-state index contributed by atoms with van der Waals surface area (Å²) in [6, 6.07) is 5.03. The Bertz CT molecular complexity index is 585. The van der Waals surface area contributed by atoms with Crippen molar-refractivity contribution in [2.24, 2.45) is 0 Å². The Morgan fingerprint density at radius 1 is 1.27 bits per heavy atom. The SMILES string of the molecule is Cl.O=C(NC1CC2CCC(C1)N2)c1cc(Cl)cc([N+](=O)[O-])c1. The van der Waals surface area contributed by atoms with Crippen molar-refractivity contribution in [1.29, 1.82) is 0 Å². The van der Waals surface area contributed by atoms with Gasteiger partial charge in [-0.15, -0.1) is 12.4 Å². The molecule has 2 fully saturated rings. The third-order valence-electron chi connectivity index (χ3n) is 4.16. The number of hydrogen-bond donors (Lipinski definition) is 2. The Kier molecular flexibility index (Phi) is 5.26. The summed E-state index contributed by atoms with van der Waals surface area (Å²) < 4.78 is 0. The molecule has 0 spiro atoms. The van der Waals surface area contributed by atoms with Gasteiger partial charge in [0.05, 0.1) is 4.92 Å². The van der Waals surface area contributed by atoms with Crippen LogP contribution < -0.4 is 10.6 Å². The first-order chi connectivity index (χ1) is 10.0. The summed E-state index contributed by atoms with van der Waals surface area (Å²) in [5.74, 6) is -0.299. The second kappa shape index (κ2) is 6.81. The lowest BCUT2D eigenvalue weighted by atomic mass is 9.99. The van der Waals surface area contributed by atoms with Gasteiger partial charge >= 0.3 is 0 Å². The summed E-state index contributed by atoms with van der Waals surface area (Å²) in [6.45, 7) is 0. The Morgan fingerprint density at radius 2 is 1.91 bits per heavy atom. The Labute approximate surface area is 139 Å². The average Bonchev–Trinajstić information content (AvgIpc) is 2.77. The van der Waals surface area contributed by atoms with Gasteiger partial charge in [-0.05, 0) is 31.7 Å². The van der Waals surface area contributed by atoms with Gasteiger partial charge in [-0.2, -0.15) is 0 Å². The zero-order valence-electron chi connectivity index (χ0n) is 11.8. The van der Waals surface area contributed by atoms with E-state index in [1.54, 1.807) is 0 Å². The molecule has 6 nitrogen and oxygen atoms in total. The zero-order chi connectivity index (χ0) is 15.0. The van der Waals surface area contributed by atoms with Crippen LogP contribution in [0.15, 0.2) is 18.2 Å². The number of halogens is 2. The van der Waals surface area contributed by atoms with Crippen LogP contribution in [0.2, 0.25) is 5.02 Å². The monoisotopic (exact) mass is 345 g/mol. The molecular weight excluding hydrogens is 329 g/mol. The highest BCUT2D eigenvalue weighted by Gasteiger charge is 2.34. The molecule has 0 aliphatic carbocycles. The number of carbonyl (C=O) groups is 1. The minimum absolute atomic E-state index is 0. The maximum atomic E-state index is 12.3. The highest BCUT2D eigenvalue weighted by atomic mass is 35.5. The predicted molar refractivity (Wildman–Crippen MR) is 85.8 cm³/mol. The summed E-state index contributed by atoms with van der Waals surface area (Å²) in [4.78, 5) is 22.5. The second-order valence-electron chi connectivity index (χ2n) is 5.73. The van der Waals surface area contributed by atoms with E-state index in [4.69, 9.17) is 11.6 Å². The average molecular weight is 346 g/mol. The number of piperidine rings is 1. The third-order valence-corrected chi connectivity index (χ3v) is 4.38. The molecule has 2 atom stereocenters. The van der Waals surface area contributed by atoms with Gasteiger partial charge in [0.15, 0.2) is 0 Å². The molecular formula is C14H17Cl2N3O3. The van der Waals surface area contributed by atoms with Gasteiger partial charge < -0.3 is 10.6 Å². The van der Waals surface area contributed by atoms with Crippen molar-refractivity contribution in [3.05, 3.63) is 38.9 Å². The van der Waals surface area contributed by atoms with E-state index in [1.807, 2.05) is 0 Å².